The SMILES string of the molecule is CSc1cnc(-c2ccc(Cl)cc2Cl)n1-c1ccc(Cl)cc1.NC1CCC(C(=O)O)CC1. The summed E-state index contributed by atoms with van der Waals surface area (Å²) in [4.78, 5) is 14.9. The molecule has 0 amide bonds. The van der Waals surface area contributed by atoms with Crippen LogP contribution in [0.2, 0.25) is 15.1 Å². The van der Waals surface area contributed by atoms with Gasteiger partial charge >= 0.3 is 5.97 Å². The van der Waals surface area contributed by atoms with Crippen LogP contribution in [0.1, 0.15) is 25.7 Å². The molecule has 0 spiro atoms. The van der Waals surface area contributed by atoms with Gasteiger partial charge in [-0.15, -0.1) is 11.8 Å². The van der Waals surface area contributed by atoms with Crippen LogP contribution in [0.15, 0.2) is 53.7 Å². The minimum atomic E-state index is -0.660. The van der Waals surface area contributed by atoms with Crippen molar-refractivity contribution in [3.63, 3.8) is 0 Å². The molecule has 9 heteroatoms. The minimum absolute atomic E-state index is 0.125. The van der Waals surface area contributed by atoms with Gasteiger partial charge in [0.2, 0.25) is 0 Å². The van der Waals surface area contributed by atoms with Crippen LogP contribution in [0.4, 0.5) is 0 Å². The number of hydrogen-bond donors (Lipinski definition) is 2. The first kappa shape index (κ1) is 24.9. The predicted octanol–water partition coefficient (Wildman–Crippen LogP) is 6.81. The number of thioether (sulfide) groups is 1. The van der Waals surface area contributed by atoms with Crippen molar-refractivity contribution < 1.29 is 9.90 Å². The van der Waals surface area contributed by atoms with Gasteiger partial charge in [0.1, 0.15) is 5.82 Å². The van der Waals surface area contributed by atoms with Crippen LogP contribution < -0.4 is 5.73 Å². The molecule has 3 aromatic rings. The Labute approximate surface area is 206 Å². The first-order valence-electron chi connectivity index (χ1n) is 10.1. The predicted molar refractivity (Wildman–Crippen MR) is 133 cm³/mol. The number of carboxylic acid groups (broad SMARTS) is 1. The summed E-state index contributed by atoms with van der Waals surface area (Å²) < 4.78 is 2.05. The highest BCUT2D eigenvalue weighted by molar-refractivity contribution is 7.98. The van der Waals surface area contributed by atoms with E-state index in [-0.39, 0.29) is 12.0 Å². The summed E-state index contributed by atoms with van der Waals surface area (Å²) in [6, 6.07) is 13.3. The van der Waals surface area contributed by atoms with E-state index in [1.165, 1.54) is 0 Å². The lowest BCUT2D eigenvalue weighted by atomic mass is 9.87. The number of benzene rings is 2. The lowest BCUT2D eigenvalue weighted by molar-refractivity contribution is -0.142. The van der Waals surface area contributed by atoms with Gasteiger partial charge in [-0.25, -0.2) is 4.98 Å². The van der Waals surface area contributed by atoms with Crippen molar-refractivity contribution in [2.24, 2.45) is 11.7 Å². The lowest BCUT2D eigenvalue weighted by Gasteiger charge is -2.22. The molecule has 1 saturated carbocycles. The Hall–Kier alpha value is -1.70. The molecule has 4 rings (SSSR count). The van der Waals surface area contributed by atoms with Crippen LogP contribution in [0.25, 0.3) is 17.1 Å². The molecule has 0 saturated heterocycles. The molecular formula is C23H24Cl3N3O2S. The van der Waals surface area contributed by atoms with Gasteiger partial charge in [0.25, 0.3) is 0 Å². The van der Waals surface area contributed by atoms with Crippen molar-refractivity contribution in [1.29, 1.82) is 0 Å². The average Bonchev–Trinajstić information content (AvgIpc) is 3.19. The Balaban J connectivity index is 0.000000243. The molecule has 1 aliphatic rings. The molecule has 3 N–H and O–H groups in total. The second kappa shape index (κ2) is 11.4. The third-order valence-corrected chi connectivity index (χ3v) is 6.82. The molecule has 0 radical (unpaired) electrons. The largest absolute Gasteiger partial charge is 0.481 e. The average molecular weight is 513 g/mol. The van der Waals surface area contributed by atoms with E-state index in [0.29, 0.717) is 15.1 Å². The van der Waals surface area contributed by atoms with Crippen molar-refractivity contribution in [3.8, 4) is 17.1 Å². The molecule has 32 heavy (non-hydrogen) atoms. The molecule has 1 fully saturated rings. The number of nitrogens with zero attached hydrogens (tertiary/aromatic N) is 2. The second-order valence-corrected chi connectivity index (χ2v) is 9.62. The highest BCUT2D eigenvalue weighted by atomic mass is 35.5. The molecule has 1 aromatic heterocycles. The highest BCUT2D eigenvalue weighted by Crippen LogP contribution is 2.34. The van der Waals surface area contributed by atoms with E-state index in [0.717, 1.165) is 47.8 Å². The molecule has 0 aliphatic heterocycles. The summed E-state index contributed by atoms with van der Waals surface area (Å²) in [5.74, 6) is -0.0139. The van der Waals surface area contributed by atoms with E-state index in [2.05, 4.69) is 9.55 Å². The molecule has 0 unspecified atom stereocenters. The van der Waals surface area contributed by atoms with E-state index in [1.807, 2.05) is 48.9 Å². The van der Waals surface area contributed by atoms with Crippen LogP contribution in [0.5, 0.6) is 0 Å². The molecule has 170 valence electrons. The van der Waals surface area contributed by atoms with E-state index in [9.17, 15) is 4.79 Å². The third-order valence-electron chi connectivity index (χ3n) is 5.32. The molecule has 0 bridgehead atoms. The molecule has 5 nitrogen and oxygen atoms in total. The number of carboxylic acids is 1. The Morgan fingerprint density at radius 3 is 2.25 bits per heavy atom. The van der Waals surface area contributed by atoms with Crippen molar-refractivity contribution >= 4 is 52.5 Å². The Kier molecular flexibility index (Phi) is 8.91. The highest BCUT2D eigenvalue weighted by Gasteiger charge is 2.23. The number of carbonyl (C=O) groups is 1. The van der Waals surface area contributed by atoms with Crippen molar-refractivity contribution in [3.05, 3.63) is 63.7 Å². The summed E-state index contributed by atoms with van der Waals surface area (Å²) >= 11 is 19.9. The van der Waals surface area contributed by atoms with Crippen molar-refractivity contribution in [1.82, 2.24) is 9.55 Å². The van der Waals surface area contributed by atoms with Crippen LogP contribution in [-0.2, 0) is 4.79 Å². The van der Waals surface area contributed by atoms with Gasteiger partial charge in [-0.05, 0) is 74.4 Å². The first-order chi connectivity index (χ1) is 15.3. The van der Waals surface area contributed by atoms with Crippen LogP contribution in [-0.4, -0.2) is 32.9 Å². The normalized spacial score (nSPS) is 18.0. The number of nitrogens with two attached hydrogens (primary N) is 1. The third kappa shape index (κ3) is 6.21. The van der Waals surface area contributed by atoms with Gasteiger partial charge in [-0.1, -0.05) is 34.8 Å². The fourth-order valence-electron chi connectivity index (χ4n) is 3.55. The van der Waals surface area contributed by atoms with E-state index in [4.69, 9.17) is 45.6 Å². The van der Waals surface area contributed by atoms with Crippen LogP contribution >= 0.6 is 46.6 Å². The summed E-state index contributed by atoms with van der Waals surface area (Å²) in [7, 11) is 0. The van der Waals surface area contributed by atoms with E-state index < -0.39 is 5.97 Å². The standard InChI is InChI=1S/C16H11Cl3N2S.C7H13NO2/c1-22-15-9-20-16(13-7-4-11(18)8-14(13)19)21(15)12-5-2-10(17)3-6-12;8-6-3-1-5(2-4-6)7(9)10/h2-9H,1H3;5-6H,1-4,8H2,(H,9,10). The summed E-state index contributed by atoms with van der Waals surface area (Å²) in [6.07, 6.45) is 7.11. The number of imidazole rings is 1. The number of aliphatic carboxylic acids is 1. The molecule has 2 aromatic carbocycles. The van der Waals surface area contributed by atoms with Gasteiger partial charge in [0.15, 0.2) is 0 Å². The summed E-state index contributed by atoms with van der Waals surface area (Å²) in [5, 5.41) is 11.5. The van der Waals surface area contributed by atoms with Gasteiger partial charge in [-0.3, -0.25) is 9.36 Å². The van der Waals surface area contributed by atoms with Gasteiger partial charge in [0, 0.05) is 27.3 Å². The van der Waals surface area contributed by atoms with Gasteiger partial charge < -0.3 is 10.8 Å². The molecular weight excluding hydrogens is 489 g/mol. The first-order valence-corrected chi connectivity index (χ1v) is 12.5. The summed E-state index contributed by atoms with van der Waals surface area (Å²) in [6.45, 7) is 0. The number of rotatable bonds is 4. The monoisotopic (exact) mass is 511 g/mol. The van der Waals surface area contributed by atoms with Gasteiger partial charge in [0.05, 0.1) is 22.2 Å². The Bertz CT molecular complexity index is 1060. The fourth-order valence-corrected chi connectivity index (χ4v) is 4.70. The second-order valence-electron chi connectivity index (χ2n) is 7.51. The molecule has 1 aliphatic carbocycles. The maximum atomic E-state index is 10.4. The van der Waals surface area contributed by atoms with E-state index >= 15 is 0 Å². The lowest BCUT2D eigenvalue weighted by Crippen LogP contribution is -2.29. The Morgan fingerprint density at radius 2 is 1.69 bits per heavy atom. The number of aromatic nitrogens is 2. The number of halogens is 3. The fraction of sp³-hybridized carbons (Fsp3) is 0.304. The van der Waals surface area contributed by atoms with Gasteiger partial charge in [-0.2, -0.15) is 0 Å². The zero-order valence-electron chi connectivity index (χ0n) is 17.5. The zero-order valence-corrected chi connectivity index (χ0v) is 20.6. The van der Waals surface area contributed by atoms with Crippen LogP contribution in [0, 0.1) is 5.92 Å². The van der Waals surface area contributed by atoms with E-state index in [1.54, 1.807) is 17.8 Å². The van der Waals surface area contributed by atoms with Crippen molar-refractivity contribution in [2.75, 3.05) is 6.26 Å². The maximum absolute atomic E-state index is 10.4. The maximum Gasteiger partial charge on any atom is 0.306 e. The van der Waals surface area contributed by atoms with Crippen molar-refractivity contribution in [2.45, 2.75) is 36.8 Å². The zero-order chi connectivity index (χ0) is 23.3. The quantitative estimate of drug-likeness (QED) is 0.375. The number of hydrogen-bond acceptors (Lipinski definition) is 4. The Morgan fingerprint density at radius 1 is 1.06 bits per heavy atom. The summed E-state index contributed by atoms with van der Waals surface area (Å²) in [5.41, 5.74) is 7.42. The molecule has 1 heterocycles. The minimum Gasteiger partial charge on any atom is -0.481 e. The van der Waals surface area contributed by atoms with Crippen LogP contribution in [0.3, 0.4) is 0 Å². The smallest absolute Gasteiger partial charge is 0.306 e. The molecule has 0 atom stereocenters. The topological polar surface area (TPSA) is 81.1 Å².